The Morgan fingerprint density at radius 2 is 0.939 bits per heavy atom. The molecule has 2 unspecified atom stereocenters. The number of rotatable bonds is 16. The van der Waals surface area contributed by atoms with Gasteiger partial charge in [-0.3, -0.25) is 9.59 Å². The first kappa shape index (κ1) is 36.6. The lowest BCUT2D eigenvalue weighted by Crippen LogP contribution is -2.45. The quantitative estimate of drug-likeness (QED) is 0.0872. The molecule has 49 heavy (non-hydrogen) atoms. The highest BCUT2D eigenvalue weighted by Crippen LogP contribution is 2.57. The van der Waals surface area contributed by atoms with E-state index < -0.39 is 12.5 Å². The maximum Gasteiger partial charge on any atom is 0.491 e. The summed E-state index contributed by atoms with van der Waals surface area (Å²) < 4.78 is 11.8. The van der Waals surface area contributed by atoms with Crippen molar-refractivity contribution in [3.05, 3.63) is 70.8 Å². The Labute approximate surface area is 302 Å². The number of benzene rings is 2. The van der Waals surface area contributed by atoms with Crippen molar-refractivity contribution >= 4 is 42.7 Å². The number of amides is 2. The van der Waals surface area contributed by atoms with Gasteiger partial charge in [-0.25, -0.2) is 0 Å². The molecule has 265 valence electrons. The van der Waals surface area contributed by atoms with Gasteiger partial charge in [-0.15, -0.1) is 23.2 Å². The van der Waals surface area contributed by atoms with E-state index in [4.69, 9.17) is 44.0 Å². The van der Waals surface area contributed by atoms with Gasteiger partial charge in [0, 0.05) is 20.9 Å². The highest BCUT2D eigenvalue weighted by Gasteiger charge is 2.49. The largest absolute Gasteiger partial charge is 0.491 e. The number of halogens is 2. The smallest absolute Gasteiger partial charge is 0.393 e. The Morgan fingerprint density at radius 1 is 0.612 bits per heavy atom. The molecule has 2 amide bonds. The van der Waals surface area contributed by atoms with E-state index >= 15 is 0 Å². The lowest BCUT2D eigenvalue weighted by Gasteiger charge is -2.51. The van der Waals surface area contributed by atoms with Crippen LogP contribution >= 0.6 is 23.2 Å². The van der Waals surface area contributed by atoms with Gasteiger partial charge >= 0.3 is 7.69 Å². The predicted molar refractivity (Wildman–Crippen MR) is 196 cm³/mol. The summed E-state index contributed by atoms with van der Waals surface area (Å²) in [6.45, 7) is 0.916. The van der Waals surface area contributed by atoms with Gasteiger partial charge in [0.05, 0.1) is 0 Å². The van der Waals surface area contributed by atoms with Crippen LogP contribution in [0, 0.1) is 0 Å². The highest BCUT2D eigenvalue weighted by molar-refractivity contribution is 6.24. The van der Waals surface area contributed by atoms with Crippen LogP contribution in [0.3, 0.4) is 0 Å². The molecule has 8 rings (SSSR count). The molecule has 6 aliphatic carbocycles. The predicted octanol–water partition coefficient (Wildman–Crippen LogP) is 6.71. The van der Waals surface area contributed by atoms with Crippen LogP contribution < -0.4 is 22.1 Å². The van der Waals surface area contributed by atoms with Gasteiger partial charge in [0.2, 0.25) is 0 Å². The maximum absolute atomic E-state index is 13.3. The molecular formula is C38H52BCl2N4O4. The third-order valence-corrected chi connectivity index (χ3v) is 13.3. The van der Waals surface area contributed by atoms with Crippen molar-refractivity contribution in [1.82, 2.24) is 10.6 Å². The number of nitrogens with two attached hydrogens (primary N) is 2. The SMILES string of the molecule is NCCCC(NC(=O)c1ccc(C23CCC(Cl)(CC2)CC3)cc1)O[B]OC(CCCN)NC(=O)c1ccc(C23CCC(Cl)(CC2)CC3)cc1. The van der Waals surface area contributed by atoms with Gasteiger partial charge in [0.15, 0.2) is 0 Å². The molecule has 0 saturated heterocycles. The molecule has 6 fully saturated rings. The minimum Gasteiger partial charge on any atom is -0.393 e. The fraction of sp³-hybridized carbons (Fsp3) is 0.632. The van der Waals surface area contributed by atoms with E-state index in [1.807, 2.05) is 24.3 Å². The van der Waals surface area contributed by atoms with E-state index in [1.165, 1.54) is 18.8 Å². The summed E-state index contributed by atoms with van der Waals surface area (Å²) in [6.07, 6.45) is 13.9. The average molecular weight is 711 g/mol. The van der Waals surface area contributed by atoms with Crippen molar-refractivity contribution < 1.29 is 18.9 Å². The maximum atomic E-state index is 13.3. The summed E-state index contributed by atoms with van der Waals surface area (Å²) in [6, 6.07) is 16.0. The second-order valence-electron chi connectivity index (χ2n) is 15.2. The molecule has 2 atom stereocenters. The minimum atomic E-state index is -0.649. The summed E-state index contributed by atoms with van der Waals surface area (Å²) in [4.78, 5) is 26.5. The van der Waals surface area contributed by atoms with Crippen LogP contribution in [0.1, 0.15) is 135 Å². The van der Waals surface area contributed by atoms with Gasteiger partial charge < -0.3 is 31.4 Å². The Morgan fingerprint density at radius 3 is 1.24 bits per heavy atom. The van der Waals surface area contributed by atoms with Crippen LogP contribution in [0.25, 0.3) is 0 Å². The van der Waals surface area contributed by atoms with Crippen LogP contribution in [0.15, 0.2) is 48.5 Å². The van der Waals surface area contributed by atoms with Crippen LogP contribution in [0.2, 0.25) is 0 Å². The summed E-state index contributed by atoms with van der Waals surface area (Å²) in [5.41, 5.74) is 15.6. The molecular weight excluding hydrogens is 658 g/mol. The topological polar surface area (TPSA) is 129 Å². The number of hydrogen-bond acceptors (Lipinski definition) is 6. The Hall–Kier alpha value is -2.14. The van der Waals surface area contributed by atoms with Gasteiger partial charge in [-0.05, 0) is 162 Å². The summed E-state index contributed by atoms with van der Waals surface area (Å²) in [5, 5.41) is 5.94. The first-order valence-electron chi connectivity index (χ1n) is 18.3. The lowest BCUT2D eigenvalue weighted by molar-refractivity contribution is 0.0602. The van der Waals surface area contributed by atoms with Crippen molar-refractivity contribution in [2.75, 3.05) is 13.1 Å². The second-order valence-corrected chi connectivity index (χ2v) is 16.8. The fourth-order valence-corrected chi connectivity index (χ4v) is 9.24. The van der Waals surface area contributed by atoms with Crippen molar-refractivity contribution in [2.24, 2.45) is 11.5 Å². The molecule has 0 spiro atoms. The molecule has 6 aliphatic rings. The van der Waals surface area contributed by atoms with Crippen molar-refractivity contribution in [3.8, 4) is 0 Å². The van der Waals surface area contributed by atoms with E-state index in [9.17, 15) is 9.59 Å². The van der Waals surface area contributed by atoms with Crippen LogP contribution in [0.5, 0.6) is 0 Å². The highest BCUT2D eigenvalue weighted by atomic mass is 35.5. The van der Waals surface area contributed by atoms with E-state index in [0.717, 1.165) is 77.0 Å². The number of carbonyl (C=O) groups excluding carboxylic acids is 2. The Kier molecular flexibility index (Phi) is 11.7. The molecule has 11 heteroatoms. The third-order valence-electron chi connectivity index (χ3n) is 12.2. The average Bonchev–Trinajstić information content (AvgIpc) is 3.13. The summed E-state index contributed by atoms with van der Waals surface area (Å²) >= 11 is 13.5. The van der Waals surface area contributed by atoms with E-state index in [-0.39, 0.29) is 32.4 Å². The second kappa shape index (κ2) is 15.6. The Bertz CT molecular complexity index is 1290. The molecule has 0 aliphatic heterocycles. The van der Waals surface area contributed by atoms with E-state index in [0.29, 0.717) is 49.9 Å². The molecule has 8 nitrogen and oxygen atoms in total. The molecule has 4 bridgehead atoms. The monoisotopic (exact) mass is 709 g/mol. The molecule has 2 aromatic rings. The normalized spacial score (nSPS) is 30.0. The lowest BCUT2D eigenvalue weighted by atomic mass is 9.57. The fourth-order valence-electron chi connectivity index (χ4n) is 8.68. The van der Waals surface area contributed by atoms with Crippen molar-refractivity contribution in [1.29, 1.82) is 0 Å². The van der Waals surface area contributed by atoms with Crippen LogP contribution in [-0.2, 0) is 20.1 Å². The minimum absolute atomic E-state index is 0.00742. The van der Waals surface area contributed by atoms with Crippen LogP contribution in [-0.4, -0.2) is 54.8 Å². The number of alkyl halides is 2. The van der Waals surface area contributed by atoms with Gasteiger partial charge in [0.1, 0.15) is 12.5 Å². The van der Waals surface area contributed by atoms with Crippen molar-refractivity contribution in [3.63, 3.8) is 0 Å². The third kappa shape index (κ3) is 8.50. The van der Waals surface area contributed by atoms with Gasteiger partial charge in [0.25, 0.3) is 11.8 Å². The van der Waals surface area contributed by atoms with Gasteiger partial charge in [-0.1, -0.05) is 24.3 Å². The molecule has 0 heterocycles. The summed E-state index contributed by atoms with van der Waals surface area (Å²) in [5.74, 6) is -0.461. The van der Waals surface area contributed by atoms with Crippen LogP contribution in [0.4, 0.5) is 0 Å². The number of nitrogens with one attached hydrogen (secondary N) is 2. The summed E-state index contributed by atoms with van der Waals surface area (Å²) in [7, 11) is 1.21. The van der Waals surface area contributed by atoms with E-state index in [2.05, 4.69) is 34.9 Å². The molecule has 1 radical (unpaired) electrons. The van der Waals surface area contributed by atoms with Gasteiger partial charge in [-0.2, -0.15) is 0 Å². The number of fused-ring (bicyclic) bond motifs is 6. The zero-order valence-electron chi connectivity index (χ0n) is 28.6. The molecule has 6 N–H and O–H groups in total. The molecule has 0 aromatic heterocycles. The number of hydrogen-bond donors (Lipinski definition) is 4. The first-order valence-corrected chi connectivity index (χ1v) is 19.1. The van der Waals surface area contributed by atoms with Crippen molar-refractivity contribution in [2.45, 2.75) is 136 Å². The standard InChI is InChI=1S/C38H52BCl2N4O4/c40-37-19-13-35(14-20-37,15-21-37)29-9-5-27(6-10-29)33(46)44-31(3-1-25-42)48-39-49-32(4-2-26-43)45-34(47)28-7-11-30(12-8-28)36-16-22-38(41,23-17-36)24-18-36/h5-12,31-32H,1-4,13-26,42-43H2,(H,44,46)(H,45,47). The molecule has 6 saturated carbocycles. The first-order chi connectivity index (χ1) is 23.6. The number of carbonyl (C=O) groups is 2. The zero-order valence-corrected chi connectivity index (χ0v) is 30.1. The Balaban J connectivity index is 1.01. The zero-order chi connectivity index (χ0) is 34.5. The van der Waals surface area contributed by atoms with E-state index in [1.54, 1.807) is 0 Å². The molecule has 2 aromatic carbocycles.